The Bertz CT molecular complexity index is 558. The molecule has 0 saturated carbocycles. The zero-order valence-corrected chi connectivity index (χ0v) is 17.1. The van der Waals surface area contributed by atoms with Crippen molar-refractivity contribution in [1.82, 2.24) is 10.2 Å². The van der Waals surface area contributed by atoms with Crippen molar-refractivity contribution in [2.75, 3.05) is 59.7 Å². The van der Waals surface area contributed by atoms with Gasteiger partial charge in [-0.2, -0.15) is 0 Å². The molecule has 0 amide bonds. The lowest BCUT2D eigenvalue weighted by Crippen LogP contribution is -2.42. The van der Waals surface area contributed by atoms with Crippen LogP contribution in [-0.4, -0.2) is 76.7 Å². The summed E-state index contributed by atoms with van der Waals surface area (Å²) in [7, 11) is 1.70. The van der Waals surface area contributed by atoms with Gasteiger partial charge in [-0.25, -0.2) is 0 Å². The van der Waals surface area contributed by atoms with E-state index in [1.54, 1.807) is 13.4 Å². The van der Waals surface area contributed by atoms with Gasteiger partial charge in [0.25, 0.3) is 0 Å². The second-order valence-corrected chi connectivity index (χ2v) is 7.58. The molecule has 2 atom stereocenters. The van der Waals surface area contributed by atoms with Gasteiger partial charge in [-0.1, -0.05) is 0 Å². The van der Waals surface area contributed by atoms with Crippen molar-refractivity contribution in [2.45, 2.75) is 38.2 Å². The molecular weight excluding hydrogens is 358 g/mol. The van der Waals surface area contributed by atoms with E-state index < -0.39 is 0 Å². The van der Waals surface area contributed by atoms with E-state index in [-0.39, 0.29) is 6.10 Å². The van der Waals surface area contributed by atoms with E-state index in [2.05, 4.69) is 10.2 Å². The smallest absolute Gasteiger partial charge is 0.194 e. The van der Waals surface area contributed by atoms with Crippen molar-refractivity contribution in [1.29, 1.82) is 0 Å². The molecule has 0 radical (unpaired) electrons. The number of methoxy groups -OCH3 is 1. The summed E-state index contributed by atoms with van der Waals surface area (Å²) >= 11 is 0. The number of nitrogens with one attached hydrogen (secondary N) is 1. The molecule has 0 aliphatic carbocycles. The van der Waals surface area contributed by atoms with E-state index in [0.29, 0.717) is 19.1 Å². The Kier molecular flexibility index (Phi) is 9.13. The second kappa shape index (κ2) is 12.1. The molecule has 2 fully saturated rings. The van der Waals surface area contributed by atoms with E-state index in [0.717, 1.165) is 70.4 Å². The molecular formula is C21H35N3O4. The molecule has 1 aromatic rings. The average Bonchev–Trinajstić information content (AvgIpc) is 3.41. The summed E-state index contributed by atoms with van der Waals surface area (Å²) in [4.78, 5) is 7.26. The Morgan fingerprint density at radius 2 is 2.29 bits per heavy atom. The fourth-order valence-electron chi connectivity index (χ4n) is 3.71. The van der Waals surface area contributed by atoms with Crippen molar-refractivity contribution in [2.24, 2.45) is 10.9 Å². The molecule has 7 heteroatoms. The number of hydrogen-bond donors (Lipinski definition) is 1. The third kappa shape index (κ3) is 7.11. The Labute approximate surface area is 168 Å². The van der Waals surface area contributed by atoms with Gasteiger partial charge in [-0.3, -0.25) is 4.99 Å². The van der Waals surface area contributed by atoms with E-state index in [9.17, 15) is 0 Å². The molecule has 158 valence electrons. The van der Waals surface area contributed by atoms with Crippen LogP contribution in [-0.2, 0) is 20.6 Å². The summed E-state index contributed by atoms with van der Waals surface area (Å²) in [5.74, 6) is 2.52. The Balaban J connectivity index is 1.49. The summed E-state index contributed by atoms with van der Waals surface area (Å²) in [5, 5.41) is 3.54. The minimum Gasteiger partial charge on any atom is -0.469 e. The Morgan fingerprint density at radius 1 is 1.32 bits per heavy atom. The highest BCUT2D eigenvalue weighted by molar-refractivity contribution is 5.80. The lowest BCUT2D eigenvalue weighted by molar-refractivity contribution is 0.0223. The number of rotatable bonds is 10. The monoisotopic (exact) mass is 393 g/mol. The summed E-state index contributed by atoms with van der Waals surface area (Å²) in [6.07, 6.45) is 7.48. The molecule has 0 aromatic carbocycles. The highest BCUT2D eigenvalue weighted by Crippen LogP contribution is 2.18. The molecule has 28 heavy (non-hydrogen) atoms. The quantitative estimate of drug-likeness (QED) is 0.374. The van der Waals surface area contributed by atoms with Gasteiger partial charge in [0.15, 0.2) is 5.96 Å². The van der Waals surface area contributed by atoms with Crippen molar-refractivity contribution >= 4 is 5.96 Å². The van der Waals surface area contributed by atoms with Gasteiger partial charge in [0.05, 0.1) is 38.7 Å². The van der Waals surface area contributed by atoms with Gasteiger partial charge in [-0.05, 0) is 37.8 Å². The lowest BCUT2D eigenvalue weighted by Gasteiger charge is -2.25. The second-order valence-electron chi connectivity index (χ2n) is 7.58. The van der Waals surface area contributed by atoms with Crippen LogP contribution in [0.15, 0.2) is 27.8 Å². The van der Waals surface area contributed by atoms with Crippen LogP contribution >= 0.6 is 0 Å². The van der Waals surface area contributed by atoms with Crippen LogP contribution in [0.2, 0.25) is 0 Å². The zero-order valence-electron chi connectivity index (χ0n) is 17.1. The average molecular weight is 394 g/mol. The minimum absolute atomic E-state index is 0.256. The molecule has 7 nitrogen and oxygen atoms in total. The number of furan rings is 1. The molecule has 2 aliphatic rings. The molecule has 1 N–H and O–H groups in total. The minimum atomic E-state index is 0.256. The van der Waals surface area contributed by atoms with Gasteiger partial charge < -0.3 is 28.8 Å². The Morgan fingerprint density at radius 3 is 3.07 bits per heavy atom. The van der Waals surface area contributed by atoms with E-state index in [4.69, 9.17) is 23.6 Å². The van der Waals surface area contributed by atoms with Crippen molar-refractivity contribution in [3.8, 4) is 0 Å². The number of hydrogen-bond acceptors (Lipinski definition) is 5. The third-order valence-electron chi connectivity index (χ3n) is 5.32. The summed E-state index contributed by atoms with van der Waals surface area (Å²) < 4.78 is 22.1. The van der Waals surface area contributed by atoms with E-state index >= 15 is 0 Å². The van der Waals surface area contributed by atoms with E-state index in [1.165, 1.54) is 12.8 Å². The normalized spacial score (nSPS) is 23.3. The molecule has 3 rings (SSSR count). The van der Waals surface area contributed by atoms with Crippen molar-refractivity contribution in [3.05, 3.63) is 24.2 Å². The molecule has 0 bridgehead atoms. The summed E-state index contributed by atoms with van der Waals surface area (Å²) in [6, 6.07) is 3.94. The van der Waals surface area contributed by atoms with Gasteiger partial charge in [0.2, 0.25) is 0 Å². The van der Waals surface area contributed by atoms with Crippen molar-refractivity contribution < 1.29 is 18.6 Å². The summed E-state index contributed by atoms with van der Waals surface area (Å²) in [6.45, 7) is 6.49. The number of likely N-dealkylation sites (tertiary alicyclic amines) is 1. The summed E-state index contributed by atoms with van der Waals surface area (Å²) in [5.41, 5.74) is 0. The maximum atomic E-state index is 5.85. The van der Waals surface area contributed by atoms with Crippen LogP contribution < -0.4 is 5.32 Å². The van der Waals surface area contributed by atoms with Gasteiger partial charge >= 0.3 is 0 Å². The van der Waals surface area contributed by atoms with Crippen LogP contribution in [0.25, 0.3) is 0 Å². The molecule has 2 aliphatic heterocycles. The van der Waals surface area contributed by atoms with Crippen LogP contribution in [0.3, 0.4) is 0 Å². The SMILES string of the molecule is COCCOCC1CCN(C(=NCC2CCCCO2)NCCc2ccco2)C1. The number of nitrogens with zero attached hydrogens (tertiary/aromatic N) is 2. The third-order valence-corrected chi connectivity index (χ3v) is 5.32. The maximum absolute atomic E-state index is 5.85. The maximum Gasteiger partial charge on any atom is 0.194 e. The van der Waals surface area contributed by atoms with Crippen LogP contribution in [0.4, 0.5) is 0 Å². The topological polar surface area (TPSA) is 68.5 Å². The molecule has 1 aromatic heterocycles. The number of guanidine groups is 1. The first-order chi connectivity index (χ1) is 13.8. The number of ether oxygens (including phenoxy) is 3. The fraction of sp³-hybridized carbons (Fsp3) is 0.762. The van der Waals surface area contributed by atoms with Crippen LogP contribution in [0.5, 0.6) is 0 Å². The molecule has 2 saturated heterocycles. The first kappa shape index (κ1) is 21.1. The molecule has 2 unspecified atom stereocenters. The van der Waals surface area contributed by atoms with Gasteiger partial charge in [-0.15, -0.1) is 0 Å². The zero-order chi connectivity index (χ0) is 19.4. The molecule has 0 spiro atoms. The van der Waals surface area contributed by atoms with Crippen LogP contribution in [0, 0.1) is 5.92 Å². The highest BCUT2D eigenvalue weighted by atomic mass is 16.5. The number of aliphatic imine (C=N–C) groups is 1. The largest absolute Gasteiger partial charge is 0.469 e. The predicted octanol–water partition coefficient (Wildman–Crippen LogP) is 2.32. The highest BCUT2D eigenvalue weighted by Gasteiger charge is 2.25. The predicted molar refractivity (Wildman–Crippen MR) is 109 cm³/mol. The first-order valence-corrected chi connectivity index (χ1v) is 10.6. The first-order valence-electron chi connectivity index (χ1n) is 10.6. The lowest BCUT2D eigenvalue weighted by atomic mass is 10.1. The van der Waals surface area contributed by atoms with Crippen molar-refractivity contribution in [3.63, 3.8) is 0 Å². The van der Waals surface area contributed by atoms with Gasteiger partial charge in [0.1, 0.15) is 5.76 Å². The fourth-order valence-corrected chi connectivity index (χ4v) is 3.71. The van der Waals surface area contributed by atoms with Crippen LogP contribution in [0.1, 0.15) is 31.4 Å². The van der Waals surface area contributed by atoms with Gasteiger partial charge in [0, 0.05) is 45.7 Å². The standard InChI is InChI=1S/C21H35N3O4/c1-25-13-14-26-17-18-8-10-24(16-18)21(22-9-7-19-6-4-12-27-19)23-15-20-5-2-3-11-28-20/h4,6,12,18,20H,2-3,5,7-11,13-17H2,1H3,(H,22,23). The van der Waals surface area contributed by atoms with E-state index in [1.807, 2.05) is 12.1 Å². The molecule has 3 heterocycles. The Hall–Kier alpha value is -1.57.